The van der Waals surface area contributed by atoms with Crippen molar-refractivity contribution in [2.24, 2.45) is 0 Å². The van der Waals surface area contributed by atoms with Gasteiger partial charge in [-0.25, -0.2) is 19.9 Å². The minimum atomic E-state index is -1.59. The van der Waals surface area contributed by atoms with Gasteiger partial charge in [-0.3, -0.25) is 0 Å². The van der Waals surface area contributed by atoms with E-state index in [1.807, 2.05) is 67.0 Å². The van der Waals surface area contributed by atoms with Gasteiger partial charge in [0.15, 0.2) is 0 Å². The molecule has 4 aromatic heterocycles. The summed E-state index contributed by atoms with van der Waals surface area (Å²) in [4.78, 5) is 37.4. The van der Waals surface area contributed by atoms with E-state index in [2.05, 4.69) is 391 Å². The zero-order valence-electron chi connectivity index (χ0n) is 70.2. The van der Waals surface area contributed by atoms with Gasteiger partial charge in [-0.1, -0.05) is 228 Å². The average molecular weight is 2340 g/mol. The Kier molecular flexibility index (Phi) is 33.2. The normalized spacial score (nSPS) is 13.4. The summed E-state index contributed by atoms with van der Waals surface area (Å²) < 4.78 is 0. The Labute approximate surface area is 758 Å². The minimum absolute atomic E-state index is 0. The van der Waals surface area contributed by atoms with Crippen LogP contribution in [0.1, 0.15) is 62.3 Å². The fourth-order valence-corrected chi connectivity index (χ4v) is 29.1. The molecule has 0 spiro atoms. The summed E-state index contributed by atoms with van der Waals surface area (Å²) in [5, 5.41) is 7.19. The number of aromatic nitrogens is 4. The van der Waals surface area contributed by atoms with Crippen LogP contribution >= 0.6 is 0 Å². The molecule has 4 radical (unpaired) electrons. The predicted molar refractivity (Wildman–Crippen MR) is 495 cm³/mol. The first-order valence-corrected chi connectivity index (χ1v) is 55.6. The number of rotatable bonds is 22. The number of fused-ring (bicyclic) bond motifs is 4. The largest absolute Gasteiger partial charge is 0.478 e. The molecule has 0 N–H and O–H groups in total. The number of anilines is 16. The number of pyridine rings is 4. The van der Waals surface area contributed by atoms with Crippen LogP contribution in [0.2, 0.25) is 93.7 Å². The zero-order valence-corrected chi connectivity index (χ0v) is 84.8. The van der Waals surface area contributed by atoms with E-state index < -0.39 is 40.4 Å². The van der Waals surface area contributed by atoms with Crippen LogP contribution in [0.25, 0.3) is 0 Å². The summed E-state index contributed by atoms with van der Waals surface area (Å²) in [6.45, 7) is 43.9. The van der Waals surface area contributed by atoms with Crippen molar-refractivity contribution in [3.05, 3.63) is 312 Å². The van der Waals surface area contributed by atoms with Gasteiger partial charge < -0.3 is 39.2 Å². The van der Waals surface area contributed by atoms with Gasteiger partial charge in [-0.2, -0.15) is 114 Å². The standard InChI is InChI=1S/C24H29N3Si2.3C24H27N3Si.4Ir/c1-28(2,3)21-13-9-19(10-14-21)26-18-27(24-23(26)8-7-17-25-24)20-11-15-22(16-12-20)29(4,5)6;1-4-28(5-2,6-3)22-17-23-24(25-18-22)27(21-15-11-8-12-16-21)19-26(23)20-13-9-7-10-14-20;1-4-28(5-2,6-3)22-17-18-25-24-23(22)26(20-13-9-7-10-14-20)19-27(24)21-15-11-8-12-16-21;1-4-28(5-2,6-3)23-18-17-22-24(25-23)27(21-15-11-8-12-16-21)19-26(22)20-13-9-7-10-14-20;;;;/h7-11,13-18H,1-6H3;3*7-15,17-19H,4-6H2,1-3H3;;;;/q4*-2;;;;. The molecule has 618 valence electrons. The Morgan fingerprint density at radius 3 is 1.14 bits per heavy atom. The monoisotopic (exact) mass is 2340 g/mol. The molecular weight excluding hydrogens is 2230 g/mol. The Hall–Kier alpha value is -7.56. The molecule has 16 rings (SSSR count). The first-order valence-electron chi connectivity index (χ1n) is 40.7. The molecule has 0 unspecified atom stereocenters. The number of hydrogen-bond donors (Lipinski definition) is 0. The molecule has 0 bridgehead atoms. The first-order chi connectivity index (χ1) is 54.8. The molecule has 8 heterocycles. The quantitative estimate of drug-likeness (QED) is 0.0479. The van der Waals surface area contributed by atoms with Crippen LogP contribution in [0.5, 0.6) is 0 Å². The van der Waals surface area contributed by atoms with E-state index in [0.717, 1.165) is 80.1 Å². The van der Waals surface area contributed by atoms with E-state index in [1.165, 1.54) is 91.8 Å². The van der Waals surface area contributed by atoms with Crippen molar-refractivity contribution in [1.82, 2.24) is 19.9 Å². The summed E-state index contributed by atoms with van der Waals surface area (Å²) in [5.41, 5.74) is 13.3. The van der Waals surface area contributed by atoms with E-state index in [4.69, 9.17) is 15.0 Å². The summed E-state index contributed by atoms with van der Waals surface area (Å²) >= 11 is 0. The van der Waals surface area contributed by atoms with E-state index in [1.54, 1.807) is 0 Å². The summed E-state index contributed by atoms with van der Waals surface area (Å²) in [7, 11) is -7.29. The molecule has 0 saturated carbocycles. The minimum Gasteiger partial charge on any atom is -0.478 e. The molecule has 4 aliphatic rings. The van der Waals surface area contributed by atoms with Gasteiger partial charge >= 0.3 is 0 Å². The second-order valence-electron chi connectivity index (χ2n) is 31.7. The third-order valence-electron chi connectivity index (χ3n) is 23.9. The zero-order chi connectivity index (χ0) is 79.5. The van der Waals surface area contributed by atoms with Gasteiger partial charge in [0.05, 0.1) is 47.0 Å². The van der Waals surface area contributed by atoms with Crippen molar-refractivity contribution in [3.63, 3.8) is 0 Å². The number of nitrogens with zero attached hydrogens (tertiary/aromatic N) is 12. The van der Waals surface area contributed by atoms with Crippen molar-refractivity contribution in [2.75, 3.05) is 39.2 Å². The van der Waals surface area contributed by atoms with Gasteiger partial charge in [-0.05, 0) is 95.3 Å². The van der Waals surface area contributed by atoms with Crippen LogP contribution < -0.4 is 65.3 Å². The van der Waals surface area contributed by atoms with Gasteiger partial charge in [0.1, 0.15) is 31.3 Å². The fourth-order valence-electron chi connectivity index (χ4n) is 16.2. The van der Waals surface area contributed by atoms with Crippen LogP contribution in [0.15, 0.2) is 261 Å². The molecule has 4 aliphatic heterocycles. The maximum Gasteiger partial charge on any atom is 0.124 e. The van der Waals surface area contributed by atoms with Gasteiger partial charge in [0, 0.05) is 135 Å². The van der Waals surface area contributed by atoms with Gasteiger partial charge in [-0.15, -0.1) is 55.5 Å². The third-order valence-corrected chi connectivity index (χ3v) is 44.6. The summed E-state index contributed by atoms with van der Waals surface area (Å²) in [6.07, 6.45) is 5.99. The number of para-hydroxylation sites is 6. The van der Waals surface area contributed by atoms with Crippen LogP contribution in [0, 0.1) is 50.9 Å². The maximum atomic E-state index is 5.27. The molecule has 21 heteroatoms. The SMILES string of the molecule is CC[Si](CC)(CC)c1ccc2c(n1)N(c1[c-]cccc1)[CH-]N2c1ccccc1.CC[Si](CC)(CC)c1ccnc2c1N(c1ccccc1)[CH-]N2c1[c-]cccc1.CC[Si](CC)(CC)c1cnc2c(c1)N(c1ccccc1)[CH-]N2c1[c-]cccc1.C[Si](C)(C)c1c[c-]c(N2[CH-]N(c3ccc([Si](C)(C)C)cc3)c3cccnc32)cc1.[Ir].[Ir].[Ir].[Ir]. The molecule has 0 aliphatic carbocycles. The van der Waals surface area contributed by atoms with E-state index >= 15 is 0 Å². The Morgan fingerprint density at radius 1 is 0.299 bits per heavy atom. The average Bonchev–Trinajstić information content (AvgIpc) is 1.69. The number of benzene rings is 8. The van der Waals surface area contributed by atoms with Crippen LogP contribution in [0.3, 0.4) is 0 Å². The van der Waals surface area contributed by atoms with E-state index in [0.29, 0.717) is 0 Å². The topological polar surface area (TPSA) is 77.5 Å². The Bertz CT molecular complexity index is 4750. The van der Waals surface area contributed by atoms with Crippen LogP contribution in [-0.4, -0.2) is 60.3 Å². The molecule has 8 aromatic carbocycles. The maximum absolute atomic E-state index is 5.27. The summed E-state index contributed by atoms with van der Waals surface area (Å²) in [5.74, 6) is 3.94. The van der Waals surface area contributed by atoms with E-state index in [-0.39, 0.29) is 80.4 Å². The number of hydrogen-bond acceptors (Lipinski definition) is 12. The Morgan fingerprint density at radius 2 is 0.692 bits per heavy atom. The van der Waals surface area contributed by atoms with Crippen molar-refractivity contribution >= 4 is 158 Å². The van der Waals surface area contributed by atoms with Gasteiger partial charge in [0.25, 0.3) is 0 Å². The summed E-state index contributed by atoms with van der Waals surface area (Å²) in [6, 6.07) is 110. The predicted octanol–water partition coefficient (Wildman–Crippen LogP) is 23.4. The van der Waals surface area contributed by atoms with Crippen molar-refractivity contribution in [2.45, 2.75) is 156 Å². The van der Waals surface area contributed by atoms with Crippen molar-refractivity contribution in [1.29, 1.82) is 0 Å². The molecule has 117 heavy (non-hydrogen) atoms. The molecular formula is C96H110Ir4N12Si5-8. The van der Waals surface area contributed by atoms with Crippen molar-refractivity contribution < 1.29 is 80.4 Å². The fraction of sp³-hybridized carbons (Fsp3) is 0.250. The van der Waals surface area contributed by atoms with E-state index in [9.17, 15) is 0 Å². The van der Waals surface area contributed by atoms with Crippen molar-refractivity contribution in [3.8, 4) is 0 Å². The van der Waals surface area contributed by atoms with Crippen LogP contribution in [-0.2, 0) is 80.4 Å². The molecule has 0 amide bonds. The molecule has 0 fully saturated rings. The first kappa shape index (κ1) is 93.3. The molecule has 12 nitrogen and oxygen atoms in total. The smallest absolute Gasteiger partial charge is 0.124 e. The van der Waals surface area contributed by atoms with Gasteiger partial charge in [0.2, 0.25) is 0 Å². The van der Waals surface area contributed by atoms with Crippen LogP contribution in [0.4, 0.5) is 91.5 Å². The molecule has 12 aromatic rings. The molecule has 0 saturated heterocycles. The Balaban J connectivity index is 0.000000176. The second kappa shape index (κ2) is 41.6. The molecule has 0 atom stereocenters. The third kappa shape index (κ3) is 19.9. The second-order valence-corrected chi connectivity index (χ2v) is 57.5.